The highest BCUT2D eigenvalue weighted by Crippen LogP contribution is 2.18. The highest BCUT2D eigenvalue weighted by molar-refractivity contribution is 5.94. The van der Waals surface area contributed by atoms with Crippen molar-refractivity contribution in [2.24, 2.45) is 0 Å². The molecule has 2 aromatic carbocycles. The first-order valence-electron chi connectivity index (χ1n) is 8.93. The molecule has 3 aromatic rings. The number of amides is 1. The number of carbonyl (C=O) groups excluding carboxylic acids is 1. The lowest BCUT2D eigenvalue weighted by molar-refractivity contribution is 0.0638. The summed E-state index contributed by atoms with van der Waals surface area (Å²) in [5.74, 6) is 0.150. The summed E-state index contributed by atoms with van der Waals surface area (Å²) in [6, 6.07) is 18.2. The molecule has 4 rings (SSSR count). The molecular formula is C21H23N3O. The van der Waals surface area contributed by atoms with Crippen LogP contribution in [0.1, 0.15) is 15.9 Å². The van der Waals surface area contributed by atoms with E-state index in [1.54, 1.807) is 0 Å². The minimum Gasteiger partial charge on any atom is -0.361 e. The third-order valence-electron chi connectivity index (χ3n) is 5.06. The number of piperazine rings is 1. The highest BCUT2D eigenvalue weighted by atomic mass is 16.2. The molecule has 25 heavy (non-hydrogen) atoms. The van der Waals surface area contributed by atoms with Gasteiger partial charge in [0.05, 0.1) is 0 Å². The second-order valence-corrected chi connectivity index (χ2v) is 6.61. The van der Waals surface area contributed by atoms with Crippen molar-refractivity contribution in [1.82, 2.24) is 14.8 Å². The number of aromatic amines is 1. The lowest BCUT2D eigenvalue weighted by Gasteiger charge is -2.34. The minimum absolute atomic E-state index is 0.150. The number of H-pyrrole nitrogens is 1. The summed E-state index contributed by atoms with van der Waals surface area (Å²) in [6.45, 7) is 4.55. The summed E-state index contributed by atoms with van der Waals surface area (Å²) in [7, 11) is 0. The van der Waals surface area contributed by atoms with E-state index in [1.165, 1.54) is 16.5 Å². The van der Waals surface area contributed by atoms with Crippen LogP contribution in [0.4, 0.5) is 0 Å². The first-order valence-corrected chi connectivity index (χ1v) is 8.93. The van der Waals surface area contributed by atoms with Gasteiger partial charge in [0.25, 0.3) is 5.91 Å². The fraction of sp³-hybridized carbons (Fsp3) is 0.286. The van der Waals surface area contributed by atoms with Gasteiger partial charge in [-0.25, -0.2) is 0 Å². The first kappa shape index (κ1) is 15.9. The SMILES string of the molecule is O=C(c1ccccc1)N1CCN(CCc2cccc3[nH]ccc23)CC1. The average Bonchev–Trinajstić information content (AvgIpc) is 3.16. The van der Waals surface area contributed by atoms with Crippen molar-refractivity contribution in [3.63, 3.8) is 0 Å². The highest BCUT2D eigenvalue weighted by Gasteiger charge is 2.21. The van der Waals surface area contributed by atoms with Crippen LogP contribution in [-0.4, -0.2) is 53.4 Å². The van der Waals surface area contributed by atoms with Gasteiger partial charge in [-0.15, -0.1) is 0 Å². The van der Waals surface area contributed by atoms with Gasteiger partial charge in [0.15, 0.2) is 0 Å². The van der Waals surface area contributed by atoms with E-state index in [4.69, 9.17) is 0 Å². The molecule has 4 heteroatoms. The topological polar surface area (TPSA) is 39.3 Å². The molecule has 1 aliphatic heterocycles. The molecule has 1 fully saturated rings. The van der Waals surface area contributed by atoms with Crippen LogP contribution in [0.5, 0.6) is 0 Å². The molecule has 1 aromatic heterocycles. The van der Waals surface area contributed by atoms with Crippen LogP contribution in [-0.2, 0) is 6.42 Å². The Morgan fingerprint density at radius 2 is 1.72 bits per heavy atom. The predicted molar refractivity (Wildman–Crippen MR) is 101 cm³/mol. The van der Waals surface area contributed by atoms with E-state index in [2.05, 4.69) is 34.1 Å². The summed E-state index contributed by atoms with van der Waals surface area (Å²) in [6.07, 6.45) is 3.05. The number of rotatable bonds is 4. The zero-order valence-corrected chi connectivity index (χ0v) is 14.3. The maximum Gasteiger partial charge on any atom is 0.253 e. The average molecular weight is 333 g/mol. The molecule has 0 aliphatic carbocycles. The molecule has 0 saturated carbocycles. The molecule has 4 nitrogen and oxygen atoms in total. The van der Waals surface area contributed by atoms with Crippen molar-refractivity contribution in [3.05, 3.63) is 71.9 Å². The van der Waals surface area contributed by atoms with E-state index < -0.39 is 0 Å². The Morgan fingerprint density at radius 1 is 0.920 bits per heavy atom. The van der Waals surface area contributed by atoms with Crippen LogP contribution < -0.4 is 0 Å². The van der Waals surface area contributed by atoms with Gasteiger partial charge in [-0.05, 0) is 36.2 Å². The summed E-state index contributed by atoms with van der Waals surface area (Å²) in [5, 5.41) is 1.32. The van der Waals surface area contributed by atoms with Gasteiger partial charge in [0.2, 0.25) is 0 Å². The van der Waals surface area contributed by atoms with Crippen molar-refractivity contribution in [2.45, 2.75) is 6.42 Å². The van der Waals surface area contributed by atoms with Crippen molar-refractivity contribution >= 4 is 16.8 Å². The van der Waals surface area contributed by atoms with Crippen LogP contribution in [0.2, 0.25) is 0 Å². The van der Waals surface area contributed by atoms with Gasteiger partial charge in [-0.2, -0.15) is 0 Å². The van der Waals surface area contributed by atoms with Crippen molar-refractivity contribution in [1.29, 1.82) is 0 Å². The van der Waals surface area contributed by atoms with Crippen LogP contribution in [0.3, 0.4) is 0 Å². The number of benzene rings is 2. The number of nitrogens with zero attached hydrogens (tertiary/aromatic N) is 2. The fourth-order valence-corrected chi connectivity index (χ4v) is 3.58. The monoisotopic (exact) mass is 333 g/mol. The largest absolute Gasteiger partial charge is 0.361 e. The quantitative estimate of drug-likeness (QED) is 0.796. The molecule has 0 bridgehead atoms. The third-order valence-corrected chi connectivity index (χ3v) is 5.06. The van der Waals surface area contributed by atoms with Gasteiger partial charge in [0.1, 0.15) is 0 Å². The molecule has 128 valence electrons. The van der Waals surface area contributed by atoms with E-state index in [9.17, 15) is 4.79 Å². The standard InChI is InChI=1S/C21H23N3O/c25-21(18-5-2-1-3-6-18)24-15-13-23(14-16-24)12-10-17-7-4-8-20-19(17)9-11-22-20/h1-9,11,22H,10,12-16H2. The summed E-state index contributed by atoms with van der Waals surface area (Å²) in [4.78, 5) is 20.2. The van der Waals surface area contributed by atoms with Gasteiger partial charge in [-0.1, -0.05) is 30.3 Å². The van der Waals surface area contributed by atoms with Gasteiger partial charge in [-0.3, -0.25) is 9.69 Å². The van der Waals surface area contributed by atoms with Crippen molar-refractivity contribution in [3.8, 4) is 0 Å². The first-order chi connectivity index (χ1) is 12.3. The Hall–Kier alpha value is -2.59. The summed E-state index contributed by atoms with van der Waals surface area (Å²) in [5.41, 5.74) is 3.38. The molecule has 1 amide bonds. The maximum atomic E-state index is 12.5. The van der Waals surface area contributed by atoms with E-state index in [0.29, 0.717) is 0 Å². The van der Waals surface area contributed by atoms with Crippen LogP contribution in [0.25, 0.3) is 10.9 Å². The molecule has 0 radical (unpaired) electrons. The lowest BCUT2D eigenvalue weighted by Crippen LogP contribution is -2.49. The molecule has 1 saturated heterocycles. The Morgan fingerprint density at radius 3 is 2.52 bits per heavy atom. The molecule has 0 spiro atoms. The second-order valence-electron chi connectivity index (χ2n) is 6.61. The molecule has 0 unspecified atom stereocenters. The zero-order valence-electron chi connectivity index (χ0n) is 14.3. The molecule has 1 N–H and O–H groups in total. The molecular weight excluding hydrogens is 310 g/mol. The number of nitrogens with one attached hydrogen (secondary N) is 1. The second kappa shape index (κ2) is 7.11. The van der Waals surface area contributed by atoms with Crippen molar-refractivity contribution in [2.75, 3.05) is 32.7 Å². The van der Waals surface area contributed by atoms with Crippen molar-refractivity contribution < 1.29 is 4.79 Å². The summed E-state index contributed by atoms with van der Waals surface area (Å²) < 4.78 is 0. The van der Waals surface area contributed by atoms with Crippen LogP contribution >= 0.6 is 0 Å². The lowest BCUT2D eigenvalue weighted by atomic mass is 10.1. The van der Waals surface area contributed by atoms with E-state index in [-0.39, 0.29) is 5.91 Å². The van der Waals surface area contributed by atoms with E-state index in [0.717, 1.165) is 44.7 Å². The van der Waals surface area contributed by atoms with Crippen LogP contribution in [0, 0.1) is 0 Å². The summed E-state index contributed by atoms with van der Waals surface area (Å²) >= 11 is 0. The van der Waals surface area contributed by atoms with Crippen LogP contribution in [0.15, 0.2) is 60.8 Å². The molecule has 0 atom stereocenters. The Bertz CT molecular complexity index is 848. The minimum atomic E-state index is 0.150. The van der Waals surface area contributed by atoms with E-state index in [1.807, 2.05) is 41.4 Å². The normalized spacial score (nSPS) is 15.6. The predicted octanol–water partition coefficient (Wildman–Crippen LogP) is 3.17. The maximum absolute atomic E-state index is 12.5. The molecule has 1 aliphatic rings. The smallest absolute Gasteiger partial charge is 0.253 e. The zero-order chi connectivity index (χ0) is 17.1. The Balaban J connectivity index is 1.32. The van der Waals surface area contributed by atoms with Gasteiger partial charge >= 0.3 is 0 Å². The third kappa shape index (κ3) is 3.44. The van der Waals surface area contributed by atoms with E-state index >= 15 is 0 Å². The van der Waals surface area contributed by atoms with Gasteiger partial charge < -0.3 is 9.88 Å². The number of carbonyl (C=O) groups is 1. The Kier molecular flexibility index (Phi) is 4.53. The number of aromatic nitrogens is 1. The van der Waals surface area contributed by atoms with Gasteiger partial charge in [0, 0.05) is 55.4 Å². The number of hydrogen-bond donors (Lipinski definition) is 1. The molecule has 2 heterocycles. The fourth-order valence-electron chi connectivity index (χ4n) is 3.58. The number of fused-ring (bicyclic) bond motifs is 1. The number of hydrogen-bond acceptors (Lipinski definition) is 2. The Labute approximate surface area is 148 Å².